The van der Waals surface area contributed by atoms with Gasteiger partial charge in [0.2, 0.25) is 17.7 Å². The summed E-state index contributed by atoms with van der Waals surface area (Å²) in [7, 11) is 0. The predicted molar refractivity (Wildman–Crippen MR) is 113 cm³/mol. The molecule has 11 heteroatoms. The number of hydrogen-bond donors (Lipinski definition) is 6. The number of hydrogen-bond acceptors (Lipinski definition) is 6. The van der Waals surface area contributed by atoms with E-state index in [9.17, 15) is 29.1 Å². The van der Waals surface area contributed by atoms with Gasteiger partial charge in [0, 0.05) is 6.42 Å². The molecular weight excluding hydrogens is 408 g/mol. The first kappa shape index (κ1) is 28.3. The van der Waals surface area contributed by atoms with Crippen molar-refractivity contribution in [3.63, 3.8) is 0 Å². The van der Waals surface area contributed by atoms with Gasteiger partial charge in [0.1, 0.15) is 18.1 Å². The van der Waals surface area contributed by atoms with Crippen LogP contribution < -0.4 is 21.7 Å². The molecule has 0 aromatic carbocycles. The van der Waals surface area contributed by atoms with E-state index < -0.39 is 53.8 Å². The highest BCUT2D eigenvalue weighted by Crippen LogP contribution is 2.08. The van der Waals surface area contributed by atoms with E-state index in [1.54, 1.807) is 6.92 Å². The fourth-order valence-electron chi connectivity index (χ4n) is 2.69. The topological polar surface area (TPSA) is 188 Å². The van der Waals surface area contributed by atoms with Gasteiger partial charge in [0.15, 0.2) is 0 Å². The van der Waals surface area contributed by atoms with Crippen molar-refractivity contribution < 1.29 is 34.2 Å². The largest absolute Gasteiger partial charge is 0.481 e. The minimum atomic E-state index is -1.21. The lowest BCUT2D eigenvalue weighted by molar-refractivity contribution is -0.142. The molecule has 3 amide bonds. The van der Waals surface area contributed by atoms with Crippen LogP contribution in [-0.4, -0.2) is 64.0 Å². The summed E-state index contributed by atoms with van der Waals surface area (Å²) < 4.78 is 0. The summed E-state index contributed by atoms with van der Waals surface area (Å²) in [5, 5.41) is 25.4. The minimum absolute atomic E-state index is 0.0247. The van der Waals surface area contributed by atoms with Crippen molar-refractivity contribution in [3.8, 4) is 0 Å². The van der Waals surface area contributed by atoms with Crippen LogP contribution in [0.5, 0.6) is 0 Å². The van der Waals surface area contributed by atoms with Gasteiger partial charge in [-0.3, -0.25) is 19.2 Å². The summed E-state index contributed by atoms with van der Waals surface area (Å²) >= 11 is 0. The highest BCUT2D eigenvalue weighted by atomic mass is 16.4. The molecule has 5 unspecified atom stereocenters. The normalized spacial score (nSPS) is 15.8. The number of nitrogens with two attached hydrogens (primary N) is 1. The second-order valence-electron chi connectivity index (χ2n) is 8.16. The predicted octanol–water partition coefficient (Wildman–Crippen LogP) is -0.170. The van der Waals surface area contributed by atoms with Crippen LogP contribution in [0.2, 0.25) is 0 Å². The Hall–Kier alpha value is -2.69. The molecule has 0 bridgehead atoms. The van der Waals surface area contributed by atoms with Crippen LogP contribution in [0.15, 0.2) is 0 Å². The van der Waals surface area contributed by atoms with Gasteiger partial charge < -0.3 is 31.9 Å². The monoisotopic (exact) mass is 444 g/mol. The van der Waals surface area contributed by atoms with E-state index in [4.69, 9.17) is 10.8 Å². The molecule has 178 valence electrons. The lowest BCUT2D eigenvalue weighted by Crippen LogP contribution is -2.57. The molecule has 0 aliphatic heterocycles. The maximum absolute atomic E-state index is 12.6. The number of carbonyl (C=O) groups excluding carboxylic acids is 3. The maximum Gasteiger partial charge on any atom is 0.326 e. The molecule has 0 heterocycles. The molecule has 5 atom stereocenters. The van der Waals surface area contributed by atoms with Crippen LogP contribution in [0.1, 0.15) is 60.3 Å². The summed E-state index contributed by atoms with van der Waals surface area (Å²) in [5.74, 6) is -4.53. The van der Waals surface area contributed by atoms with Crippen molar-refractivity contribution in [2.45, 2.75) is 84.5 Å². The molecular formula is C20H36N4O7. The fourth-order valence-corrected chi connectivity index (χ4v) is 2.69. The molecule has 31 heavy (non-hydrogen) atoms. The molecule has 0 spiro atoms. The van der Waals surface area contributed by atoms with E-state index in [1.165, 1.54) is 6.92 Å². The van der Waals surface area contributed by atoms with Crippen LogP contribution in [0, 0.1) is 11.8 Å². The first-order chi connectivity index (χ1) is 14.3. The molecule has 0 aromatic heterocycles. The third-order valence-corrected chi connectivity index (χ3v) is 4.91. The first-order valence-electron chi connectivity index (χ1n) is 10.4. The van der Waals surface area contributed by atoms with Crippen molar-refractivity contribution in [3.05, 3.63) is 0 Å². The Balaban J connectivity index is 5.17. The van der Waals surface area contributed by atoms with Crippen LogP contribution in [-0.2, 0) is 24.0 Å². The Labute approximate surface area is 182 Å². The lowest BCUT2D eigenvalue weighted by Gasteiger charge is -2.24. The van der Waals surface area contributed by atoms with Gasteiger partial charge in [-0.2, -0.15) is 0 Å². The molecule has 0 aromatic rings. The van der Waals surface area contributed by atoms with Crippen molar-refractivity contribution in [2.24, 2.45) is 17.6 Å². The molecule has 0 aliphatic rings. The molecule has 0 aliphatic carbocycles. The molecule has 7 N–H and O–H groups in total. The molecule has 0 radical (unpaired) electrons. The van der Waals surface area contributed by atoms with Gasteiger partial charge in [0.05, 0.1) is 6.04 Å². The number of amides is 3. The third kappa shape index (κ3) is 10.8. The van der Waals surface area contributed by atoms with Crippen molar-refractivity contribution in [1.29, 1.82) is 0 Å². The van der Waals surface area contributed by atoms with E-state index in [0.29, 0.717) is 6.42 Å². The fraction of sp³-hybridized carbons (Fsp3) is 0.750. The third-order valence-electron chi connectivity index (χ3n) is 4.91. The van der Waals surface area contributed by atoms with Crippen molar-refractivity contribution in [2.75, 3.05) is 0 Å². The van der Waals surface area contributed by atoms with E-state index in [-0.39, 0.29) is 31.1 Å². The average Bonchev–Trinajstić information content (AvgIpc) is 2.68. The highest BCUT2D eigenvalue weighted by Gasteiger charge is 2.29. The zero-order valence-electron chi connectivity index (χ0n) is 18.8. The van der Waals surface area contributed by atoms with Gasteiger partial charge >= 0.3 is 11.9 Å². The van der Waals surface area contributed by atoms with Crippen LogP contribution in [0.25, 0.3) is 0 Å². The summed E-state index contributed by atoms with van der Waals surface area (Å²) in [6.45, 7) is 8.62. The number of rotatable bonds is 14. The Kier molecular flexibility index (Phi) is 12.4. The zero-order chi connectivity index (χ0) is 24.3. The lowest BCUT2D eigenvalue weighted by atomic mass is 9.98. The maximum atomic E-state index is 12.6. The minimum Gasteiger partial charge on any atom is -0.481 e. The molecule has 0 saturated heterocycles. The quantitative estimate of drug-likeness (QED) is 0.213. The summed E-state index contributed by atoms with van der Waals surface area (Å²) in [6, 6.07) is -4.30. The van der Waals surface area contributed by atoms with Gasteiger partial charge in [0.25, 0.3) is 0 Å². The second-order valence-corrected chi connectivity index (χ2v) is 8.16. The van der Waals surface area contributed by atoms with Crippen molar-refractivity contribution >= 4 is 29.7 Å². The van der Waals surface area contributed by atoms with E-state index in [0.717, 1.165) is 0 Å². The molecule has 11 nitrogen and oxygen atoms in total. The number of nitrogens with one attached hydrogen (secondary N) is 3. The number of carboxylic acids is 2. The Morgan fingerprint density at radius 1 is 0.839 bits per heavy atom. The number of carboxylic acid groups (broad SMARTS) is 2. The standard InChI is InChI=1S/C20H36N4O7/c1-6-11(4)16(21)19(29)23-13(7-8-15(25)26)18(28)22-12(5)17(27)24-14(20(30)31)9-10(2)3/h10-14,16H,6-9,21H2,1-5H3,(H,22,28)(H,23,29)(H,24,27)(H,25,26)(H,30,31). The number of aliphatic carboxylic acids is 2. The van der Waals surface area contributed by atoms with Crippen LogP contribution in [0.4, 0.5) is 0 Å². The highest BCUT2D eigenvalue weighted by molar-refractivity contribution is 5.94. The van der Waals surface area contributed by atoms with Crippen molar-refractivity contribution in [1.82, 2.24) is 16.0 Å². The smallest absolute Gasteiger partial charge is 0.326 e. The average molecular weight is 445 g/mol. The molecule has 0 fully saturated rings. The second kappa shape index (κ2) is 13.6. The van der Waals surface area contributed by atoms with E-state index >= 15 is 0 Å². The van der Waals surface area contributed by atoms with Gasteiger partial charge in [-0.05, 0) is 31.6 Å². The van der Waals surface area contributed by atoms with Gasteiger partial charge in [-0.25, -0.2) is 4.79 Å². The SMILES string of the molecule is CCC(C)C(N)C(=O)NC(CCC(=O)O)C(=O)NC(C)C(=O)NC(CC(C)C)C(=O)O. The molecule has 0 rings (SSSR count). The van der Waals surface area contributed by atoms with Gasteiger partial charge in [-0.15, -0.1) is 0 Å². The van der Waals surface area contributed by atoms with Crippen LogP contribution in [0.3, 0.4) is 0 Å². The zero-order valence-corrected chi connectivity index (χ0v) is 18.8. The summed E-state index contributed by atoms with van der Waals surface area (Å²) in [4.78, 5) is 59.5. The summed E-state index contributed by atoms with van der Waals surface area (Å²) in [5.41, 5.74) is 5.87. The Bertz CT molecular complexity index is 653. The molecule has 0 saturated carbocycles. The summed E-state index contributed by atoms with van der Waals surface area (Å²) in [6.07, 6.45) is 0.276. The Morgan fingerprint density at radius 2 is 1.39 bits per heavy atom. The van der Waals surface area contributed by atoms with E-state index in [2.05, 4.69) is 16.0 Å². The Morgan fingerprint density at radius 3 is 1.84 bits per heavy atom. The van der Waals surface area contributed by atoms with Gasteiger partial charge in [-0.1, -0.05) is 34.1 Å². The number of carbonyl (C=O) groups is 5. The van der Waals surface area contributed by atoms with Crippen LogP contribution >= 0.6 is 0 Å². The first-order valence-corrected chi connectivity index (χ1v) is 10.4. The van der Waals surface area contributed by atoms with E-state index in [1.807, 2.05) is 20.8 Å².